The van der Waals surface area contributed by atoms with Crippen LogP contribution in [0.4, 0.5) is 11.4 Å². The van der Waals surface area contributed by atoms with Crippen molar-refractivity contribution in [1.82, 2.24) is 9.80 Å². The van der Waals surface area contributed by atoms with Crippen LogP contribution in [0.3, 0.4) is 0 Å². The van der Waals surface area contributed by atoms with E-state index in [0.717, 1.165) is 43.1 Å². The quantitative estimate of drug-likeness (QED) is 0.101. The molecular formula is C40H42N4O4. The Kier molecular flexibility index (Phi) is 10.0. The van der Waals surface area contributed by atoms with E-state index in [9.17, 15) is 14.9 Å². The van der Waals surface area contributed by atoms with Crippen LogP contribution in [-0.2, 0) is 16.0 Å². The molecule has 0 spiro atoms. The zero-order chi connectivity index (χ0) is 33.6. The molecular weight excluding hydrogens is 600 g/mol. The lowest BCUT2D eigenvalue weighted by Gasteiger charge is -2.40. The molecule has 1 saturated heterocycles. The summed E-state index contributed by atoms with van der Waals surface area (Å²) in [6.07, 6.45) is 2.55. The zero-order valence-electron chi connectivity index (χ0n) is 27.8. The number of carbonyl (C=O) groups is 1. The van der Waals surface area contributed by atoms with Crippen molar-refractivity contribution < 1.29 is 14.5 Å². The van der Waals surface area contributed by atoms with E-state index in [-0.39, 0.29) is 18.3 Å². The first-order chi connectivity index (χ1) is 23.3. The lowest BCUT2D eigenvalue weighted by atomic mass is 9.86. The SMILES string of the molecule is CC1=CC(c2cccc([N+](=O)[O-])c2)C(C(=O)OCCc2ccc(N3CCN(C(c4ccccc4)c4ccccc4)CC3)cc2)=C(C)N1C. The molecule has 0 radical (unpaired) electrons. The normalized spacial score (nSPS) is 17.0. The van der Waals surface area contributed by atoms with Crippen molar-refractivity contribution in [3.05, 3.63) is 165 Å². The summed E-state index contributed by atoms with van der Waals surface area (Å²) in [7, 11) is 1.91. The summed E-state index contributed by atoms with van der Waals surface area (Å²) in [4.78, 5) is 31.5. The van der Waals surface area contributed by atoms with Crippen molar-refractivity contribution in [2.75, 3.05) is 44.7 Å². The van der Waals surface area contributed by atoms with E-state index in [1.165, 1.54) is 28.9 Å². The van der Waals surface area contributed by atoms with E-state index in [4.69, 9.17) is 4.74 Å². The average molecular weight is 643 g/mol. The Morgan fingerprint density at radius 1 is 0.854 bits per heavy atom. The number of non-ortho nitro benzene ring substituents is 1. The molecule has 4 aromatic carbocycles. The summed E-state index contributed by atoms with van der Waals surface area (Å²) in [5.74, 6) is -0.831. The van der Waals surface area contributed by atoms with Crippen molar-refractivity contribution >= 4 is 17.3 Å². The second-order valence-electron chi connectivity index (χ2n) is 12.5. The number of ether oxygens (including phenoxy) is 1. The Morgan fingerprint density at radius 3 is 2.08 bits per heavy atom. The number of allylic oxidation sites excluding steroid dienone is 3. The van der Waals surface area contributed by atoms with Gasteiger partial charge in [0, 0.05) is 74.8 Å². The number of piperazine rings is 1. The second-order valence-corrected chi connectivity index (χ2v) is 12.5. The highest BCUT2D eigenvalue weighted by Crippen LogP contribution is 2.37. The van der Waals surface area contributed by atoms with Crippen LogP contribution in [0.2, 0.25) is 0 Å². The summed E-state index contributed by atoms with van der Waals surface area (Å²) >= 11 is 0. The third-order valence-electron chi connectivity index (χ3n) is 9.64. The number of nitro groups is 1. The fraction of sp³-hybridized carbons (Fsp3) is 0.275. The summed E-state index contributed by atoms with van der Waals surface area (Å²) in [5, 5.41) is 11.4. The van der Waals surface area contributed by atoms with Gasteiger partial charge in [0.1, 0.15) is 0 Å². The predicted octanol–water partition coefficient (Wildman–Crippen LogP) is 7.50. The minimum Gasteiger partial charge on any atom is -0.462 e. The lowest BCUT2D eigenvalue weighted by Crippen LogP contribution is -2.48. The predicted molar refractivity (Wildman–Crippen MR) is 190 cm³/mol. The minimum atomic E-state index is -0.427. The van der Waals surface area contributed by atoms with E-state index in [1.54, 1.807) is 6.07 Å². The molecule has 0 aromatic heterocycles. The third kappa shape index (κ3) is 7.19. The van der Waals surface area contributed by atoms with Gasteiger partial charge in [0.15, 0.2) is 0 Å². The second kappa shape index (κ2) is 14.7. The molecule has 1 atom stereocenters. The number of anilines is 1. The number of nitrogens with zero attached hydrogens (tertiary/aromatic N) is 4. The monoisotopic (exact) mass is 642 g/mol. The minimum absolute atomic E-state index is 0.00302. The molecule has 2 aliphatic rings. The Balaban J connectivity index is 1.06. The Bertz CT molecular complexity index is 1760. The number of benzene rings is 4. The Morgan fingerprint density at radius 2 is 1.48 bits per heavy atom. The van der Waals surface area contributed by atoms with Crippen LogP contribution in [0, 0.1) is 10.1 Å². The number of esters is 1. The lowest BCUT2D eigenvalue weighted by molar-refractivity contribution is -0.384. The Labute approximate surface area is 282 Å². The van der Waals surface area contributed by atoms with Gasteiger partial charge in [0.2, 0.25) is 0 Å². The molecule has 2 heterocycles. The van der Waals surface area contributed by atoms with Crippen LogP contribution in [0.1, 0.15) is 48.1 Å². The highest BCUT2D eigenvalue weighted by atomic mass is 16.6. The van der Waals surface area contributed by atoms with Crippen LogP contribution in [0.25, 0.3) is 0 Å². The molecule has 246 valence electrons. The van der Waals surface area contributed by atoms with Crippen molar-refractivity contribution in [3.8, 4) is 0 Å². The van der Waals surface area contributed by atoms with Crippen LogP contribution < -0.4 is 4.90 Å². The number of rotatable bonds is 10. The van der Waals surface area contributed by atoms with Gasteiger partial charge >= 0.3 is 5.97 Å². The maximum Gasteiger partial charge on any atom is 0.336 e. The fourth-order valence-corrected chi connectivity index (χ4v) is 6.81. The van der Waals surface area contributed by atoms with E-state index < -0.39 is 16.8 Å². The van der Waals surface area contributed by atoms with Gasteiger partial charge < -0.3 is 14.5 Å². The highest BCUT2D eigenvalue weighted by Gasteiger charge is 2.31. The molecule has 6 rings (SSSR count). The molecule has 4 aromatic rings. The molecule has 1 unspecified atom stereocenters. The van der Waals surface area contributed by atoms with Crippen molar-refractivity contribution in [1.29, 1.82) is 0 Å². The fourth-order valence-electron chi connectivity index (χ4n) is 6.81. The van der Waals surface area contributed by atoms with E-state index in [2.05, 4.69) is 94.7 Å². The molecule has 0 aliphatic carbocycles. The van der Waals surface area contributed by atoms with E-state index >= 15 is 0 Å². The topological polar surface area (TPSA) is 79.2 Å². The first kappa shape index (κ1) is 32.7. The molecule has 8 heteroatoms. The number of carbonyl (C=O) groups excluding carboxylic acids is 1. The molecule has 0 saturated carbocycles. The van der Waals surface area contributed by atoms with Crippen LogP contribution in [0.15, 0.2) is 132 Å². The van der Waals surface area contributed by atoms with Crippen LogP contribution in [0.5, 0.6) is 0 Å². The molecule has 0 N–H and O–H groups in total. The average Bonchev–Trinajstić information content (AvgIpc) is 3.12. The molecule has 1 fully saturated rings. The largest absolute Gasteiger partial charge is 0.462 e. The smallest absolute Gasteiger partial charge is 0.336 e. The molecule has 8 nitrogen and oxygen atoms in total. The molecule has 2 aliphatic heterocycles. The zero-order valence-corrected chi connectivity index (χ0v) is 27.8. The van der Waals surface area contributed by atoms with Gasteiger partial charge in [-0.2, -0.15) is 0 Å². The summed E-state index contributed by atoms with van der Waals surface area (Å²) in [5.41, 5.74) is 7.85. The van der Waals surface area contributed by atoms with E-state index in [0.29, 0.717) is 17.6 Å². The number of hydrogen-bond acceptors (Lipinski definition) is 7. The van der Waals surface area contributed by atoms with Crippen LogP contribution >= 0.6 is 0 Å². The van der Waals surface area contributed by atoms with Crippen molar-refractivity contribution in [2.45, 2.75) is 32.2 Å². The summed E-state index contributed by atoms with van der Waals surface area (Å²) < 4.78 is 5.82. The summed E-state index contributed by atoms with van der Waals surface area (Å²) in [6.45, 7) is 7.89. The van der Waals surface area contributed by atoms with Gasteiger partial charge in [-0.15, -0.1) is 0 Å². The first-order valence-electron chi connectivity index (χ1n) is 16.5. The van der Waals surface area contributed by atoms with Gasteiger partial charge in [0.25, 0.3) is 5.69 Å². The van der Waals surface area contributed by atoms with Crippen molar-refractivity contribution in [3.63, 3.8) is 0 Å². The van der Waals surface area contributed by atoms with Gasteiger partial charge in [0.05, 0.1) is 23.1 Å². The van der Waals surface area contributed by atoms with Gasteiger partial charge in [-0.1, -0.05) is 91.0 Å². The molecule has 0 amide bonds. The van der Waals surface area contributed by atoms with Gasteiger partial charge in [-0.3, -0.25) is 15.0 Å². The van der Waals surface area contributed by atoms with Gasteiger partial charge in [-0.05, 0) is 48.2 Å². The van der Waals surface area contributed by atoms with Crippen molar-refractivity contribution in [2.24, 2.45) is 0 Å². The number of nitro benzene ring substituents is 1. The third-order valence-corrected chi connectivity index (χ3v) is 9.64. The van der Waals surface area contributed by atoms with E-state index in [1.807, 2.05) is 37.9 Å². The molecule has 48 heavy (non-hydrogen) atoms. The first-order valence-corrected chi connectivity index (χ1v) is 16.5. The maximum atomic E-state index is 13.5. The number of hydrogen-bond donors (Lipinski definition) is 0. The summed E-state index contributed by atoms with van der Waals surface area (Å²) in [6, 6.07) is 36.7. The van der Waals surface area contributed by atoms with Crippen LogP contribution in [-0.4, -0.2) is 60.5 Å². The van der Waals surface area contributed by atoms with Gasteiger partial charge in [-0.25, -0.2) is 4.79 Å². The highest BCUT2D eigenvalue weighted by molar-refractivity contribution is 5.92. The Hall–Kier alpha value is -5.21. The standard InChI is InChI=1S/C40H42N4O4/c1-29-27-37(34-15-10-16-36(28-34)44(46)47)38(30(2)41(29)3)40(45)48-26-21-31-17-19-35(20-18-31)42-22-24-43(25-23-42)39(32-11-6-4-7-12-32)33-13-8-5-9-14-33/h4-20,27-28,37,39H,21-26H2,1-3H3. The molecule has 0 bridgehead atoms. The maximum absolute atomic E-state index is 13.5.